The van der Waals surface area contributed by atoms with Crippen LogP contribution in [-0.4, -0.2) is 31.4 Å². The Bertz CT molecular complexity index is 407. The van der Waals surface area contributed by atoms with Crippen molar-refractivity contribution >= 4 is 10.9 Å². The van der Waals surface area contributed by atoms with Crippen molar-refractivity contribution in [3.8, 4) is 0 Å². The number of benzene rings is 1. The molecule has 1 aromatic carbocycles. The second-order valence-electron chi connectivity index (χ2n) is 5.54. The number of rotatable bonds is 0. The van der Waals surface area contributed by atoms with Gasteiger partial charge in [0.05, 0.1) is 5.52 Å². The summed E-state index contributed by atoms with van der Waals surface area (Å²) in [6.07, 6.45) is 9.67. The van der Waals surface area contributed by atoms with E-state index in [2.05, 4.69) is 17.1 Å². The van der Waals surface area contributed by atoms with Gasteiger partial charge in [0.1, 0.15) is 0 Å². The van der Waals surface area contributed by atoms with E-state index in [0.717, 1.165) is 31.9 Å². The van der Waals surface area contributed by atoms with E-state index in [-0.39, 0.29) is 0 Å². The van der Waals surface area contributed by atoms with E-state index < -0.39 is 0 Å². The molecule has 120 valence electrons. The Hall–Kier alpha value is -1.45. The van der Waals surface area contributed by atoms with E-state index in [1.165, 1.54) is 43.9 Å². The number of pyridine rings is 1. The molecule has 0 unspecified atom stereocenters. The number of nitrogens with zero attached hydrogens (tertiary/aromatic N) is 1. The molecule has 3 heterocycles. The van der Waals surface area contributed by atoms with Gasteiger partial charge in [0, 0.05) is 38.0 Å². The number of hydrogen-bond acceptors (Lipinski definition) is 3. The van der Waals surface area contributed by atoms with Gasteiger partial charge in [0.25, 0.3) is 0 Å². The van der Waals surface area contributed by atoms with Crippen LogP contribution >= 0.6 is 0 Å². The van der Waals surface area contributed by atoms with Crippen LogP contribution in [0.4, 0.5) is 0 Å². The topological polar surface area (TPSA) is 31.4 Å². The SMILES string of the molecule is C1CCOCC1.C1CCOCC1.c1ccc2ncccc2c1. The molecular formula is C19H27NO2. The molecule has 2 saturated heterocycles. The van der Waals surface area contributed by atoms with Crippen molar-refractivity contribution in [2.75, 3.05) is 26.4 Å². The molecule has 2 aliphatic heterocycles. The van der Waals surface area contributed by atoms with Crippen LogP contribution in [0.1, 0.15) is 38.5 Å². The van der Waals surface area contributed by atoms with Crippen LogP contribution in [0.2, 0.25) is 0 Å². The minimum Gasteiger partial charge on any atom is -0.381 e. The van der Waals surface area contributed by atoms with Crippen molar-refractivity contribution in [1.29, 1.82) is 0 Å². The molecule has 4 rings (SSSR count). The first-order valence-corrected chi connectivity index (χ1v) is 8.42. The Kier molecular flexibility index (Phi) is 8.58. The average Bonchev–Trinajstić information content (AvgIpc) is 2.66. The van der Waals surface area contributed by atoms with E-state index in [0.29, 0.717) is 0 Å². The average molecular weight is 301 g/mol. The lowest BCUT2D eigenvalue weighted by Gasteiger charge is -2.08. The van der Waals surface area contributed by atoms with Crippen LogP contribution in [0.25, 0.3) is 10.9 Å². The van der Waals surface area contributed by atoms with Gasteiger partial charge in [-0.2, -0.15) is 0 Å². The van der Waals surface area contributed by atoms with E-state index >= 15 is 0 Å². The lowest BCUT2D eigenvalue weighted by atomic mass is 10.2. The van der Waals surface area contributed by atoms with Gasteiger partial charge in [-0.15, -0.1) is 0 Å². The van der Waals surface area contributed by atoms with Gasteiger partial charge < -0.3 is 9.47 Å². The van der Waals surface area contributed by atoms with Crippen molar-refractivity contribution < 1.29 is 9.47 Å². The molecule has 0 spiro atoms. The monoisotopic (exact) mass is 301 g/mol. The van der Waals surface area contributed by atoms with Crippen molar-refractivity contribution in [2.45, 2.75) is 38.5 Å². The Morgan fingerprint density at radius 3 is 1.64 bits per heavy atom. The lowest BCUT2D eigenvalue weighted by Crippen LogP contribution is -2.03. The van der Waals surface area contributed by atoms with Crippen molar-refractivity contribution in [1.82, 2.24) is 4.98 Å². The number of hydrogen-bond donors (Lipinski definition) is 0. The van der Waals surface area contributed by atoms with Gasteiger partial charge in [0.15, 0.2) is 0 Å². The second-order valence-corrected chi connectivity index (χ2v) is 5.54. The largest absolute Gasteiger partial charge is 0.381 e. The molecule has 2 aliphatic rings. The second kappa shape index (κ2) is 11.2. The van der Waals surface area contributed by atoms with E-state index in [9.17, 15) is 0 Å². The van der Waals surface area contributed by atoms with Gasteiger partial charge in [0.2, 0.25) is 0 Å². The summed E-state index contributed by atoms with van der Waals surface area (Å²) in [5.74, 6) is 0. The van der Waals surface area contributed by atoms with Gasteiger partial charge in [-0.25, -0.2) is 0 Å². The van der Waals surface area contributed by atoms with Gasteiger partial charge >= 0.3 is 0 Å². The highest BCUT2D eigenvalue weighted by Crippen LogP contribution is 2.08. The molecule has 0 aliphatic carbocycles. The molecule has 2 fully saturated rings. The summed E-state index contributed by atoms with van der Waals surface area (Å²) in [5.41, 5.74) is 1.06. The first-order chi connectivity index (χ1) is 11.0. The van der Waals surface area contributed by atoms with Gasteiger partial charge in [-0.3, -0.25) is 4.98 Å². The zero-order valence-electron chi connectivity index (χ0n) is 13.4. The Balaban J connectivity index is 0.000000128. The van der Waals surface area contributed by atoms with E-state index in [1.807, 2.05) is 30.5 Å². The highest BCUT2D eigenvalue weighted by Gasteiger charge is 1.95. The molecule has 0 amide bonds. The first-order valence-electron chi connectivity index (χ1n) is 8.42. The fourth-order valence-electron chi connectivity index (χ4n) is 2.39. The van der Waals surface area contributed by atoms with Crippen LogP contribution in [0.3, 0.4) is 0 Å². The summed E-state index contributed by atoms with van der Waals surface area (Å²) >= 11 is 0. The fourth-order valence-corrected chi connectivity index (χ4v) is 2.39. The van der Waals surface area contributed by atoms with Gasteiger partial charge in [-0.1, -0.05) is 24.3 Å². The predicted octanol–water partition coefficient (Wildman–Crippen LogP) is 4.61. The predicted molar refractivity (Wildman–Crippen MR) is 91.1 cm³/mol. The molecule has 0 radical (unpaired) electrons. The van der Waals surface area contributed by atoms with Crippen LogP contribution in [-0.2, 0) is 9.47 Å². The lowest BCUT2D eigenvalue weighted by molar-refractivity contribution is 0.0967. The third kappa shape index (κ3) is 7.01. The van der Waals surface area contributed by atoms with Crippen LogP contribution in [0.15, 0.2) is 42.6 Å². The maximum Gasteiger partial charge on any atom is 0.0701 e. The molecule has 1 aromatic heterocycles. The Labute approximate surface area is 133 Å². The molecule has 3 nitrogen and oxygen atoms in total. The summed E-state index contributed by atoms with van der Waals surface area (Å²) in [4.78, 5) is 4.18. The maximum absolute atomic E-state index is 5.07. The summed E-state index contributed by atoms with van der Waals surface area (Å²) in [6.45, 7) is 4.00. The summed E-state index contributed by atoms with van der Waals surface area (Å²) < 4.78 is 10.1. The van der Waals surface area contributed by atoms with E-state index in [4.69, 9.17) is 9.47 Å². The molecule has 3 heteroatoms. The molecule has 0 N–H and O–H groups in total. The molecule has 22 heavy (non-hydrogen) atoms. The zero-order chi connectivity index (χ0) is 15.3. The maximum atomic E-state index is 5.07. The number of para-hydroxylation sites is 1. The highest BCUT2D eigenvalue weighted by atomic mass is 16.5. The first kappa shape index (κ1) is 16.9. The normalized spacial score (nSPS) is 17.6. The van der Waals surface area contributed by atoms with Crippen LogP contribution in [0, 0.1) is 0 Å². The van der Waals surface area contributed by atoms with E-state index in [1.54, 1.807) is 0 Å². The van der Waals surface area contributed by atoms with Crippen molar-refractivity contribution in [2.24, 2.45) is 0 Å². The molecule has 0 bridgehead atoms. The minimum absolute atomic E-state index is 1.00. The Morgan fingerprint density at radius 1 is 0.636 bits per heavy atom. The molecular weight excluding hydrogens is 274 g/mol. The molecule has 0 saturated carbocycles. The third-order valence-corrected chi connectivity index (χ3v) is 3.67. The van der Waals surface area contributed by atoms with Crippen LogP contribution in [0.5, 0.6) is 0 Å². The standard InChI is InChI=1S/C9H7N.2C5H10O/c1-2-6-9-8(4-1)5-3-7-10-9;2*1-2-4-6-5-3-1/h1-7H;2*1-5H2. The number of ether oxygens (including phenoxy) is 2. The van der Waals surface area contributed by atoms with Crippen molar-refractivity contribution in [3.63, 3.8) is 0 Å². The smallest absolute Gasteiger partial charge is 0.0701 e. The summed E-state index contributed by atoms with van der Waals surface area (Å²) in [7, 11) is 0. The van der Waals surface area contributed by atoms with Crippen molar-refractivity contribution in [3.05, 3.63) is 42.6 Å². The quantitative estimate of drug-likeness (QED) is 0.712. The third-order valence-electron chi connectivity index (χ3n) is 3.67. The van der Waals surface area contributed by atoms with Crippen LogP contribution < -0.4 is 0 Å². The number of fused-ring (bicyclic) bond motifs is 1. The zero-order valence-corrected chi connectivity index (χ0v) is 13.4. The molecule has 0 atom stereocenters. The number of aromatic nitrogens is 1. The Morgan fingerprint density at radius 2 is 1.18 bits per heavy atom. The van der Waals surface area contributed by atoms with Gasteiger partial charge in [-0.05, 0) is 50.7 Å². The highest BCUT2D eigenvalue weighted by molar-refractivity contribution is 5.77. The minimum atomic E-state index is 1.00. The fraction of sp³-hybridized carbons (Fsp3) is 0.526. The molecule has 2 aromatic rings. The summed E-state index contributed by atoms with van der Waals surface area (Å²) in [5, 5.41) is 1.20. The summed E-state index contributed by atoms with van der Waals surface area (Å²) in [6, 6.07) is 12.1.